The summed E-state index contributed by atoms with van der Waals surface area (Å²) in [6, 6.07) is 7.08. The van der Waals surface area contributed by atoms with Crippen molar-refractivity contribution >= 4 is 5.91 Å². The van der Waals surface area contributed by atoms with Gasteiger partial charge < -0.3 is 14.6 Å². The summed E-state index contributed by atoms with van der Waals surface area (Å²) in [6.07, 6.45) is -3.87. The first-order chi connectivity index (χ1) is 11.8. The predicted octanol–water partition coefficient (Wildman–Crippen LogP) is 3.01. The van der Waals surface area contributed by atoms with Crippen LogP contribution in [0, 0.1) is 5.82 Å². The number of halogens is 5. The van der Waals surface area contributed by atoms with Gasteiger partial charge in [0.2, 0.25) is 5.91 Å². The van der Waals surface area contributed by atoms with Crippen molar-refractivity contribution < 1.29 is 36.0 Å². The molecule has 0 aliphatic heterocycles. The van der Waals surface area contributed by atoms with Crippen molar-refractivity contribution in [2.24, 2.45) is 0 Å². The van der Waals surface area contributed by atoms with E-state index in [4.69, 9.17) is 4.52 Å². The van der Waals surface area contributed by atoms with Crippen LogP contribution in [-0.2, 0) is 16.1 Å². The van der Waals surface area contributed by atoms with Crippen LogP contribution >= 0.6 is 0 Å². The predicted molar refractivity (Wildman–Crippen MR) is 75.5 cm³/mol. The number of rotatable bonds is 8. The molecule has 2 rings (SSSR count). The number of alkyl halides is 4. The first-order valence-corrected chi connectivity index (χ1v) is 7.00. The van der Waals surface area contributed by atoms with Crippen molar-refractivity contribution in [1.29, 1.82) is 0 Å². The maximum Gasteiger partial charge on any atom is 0.330 e. The van der Waals surface area contributed by atoms with E-state index >= 15 is 0 Å². The Balaban J connectivity index is 1.79. The number of nitrogens with zero attached hydrogens (tertiary/aromatic N) is 1. The maximum absolute atomic E-state index is 13.1. The number of carbonyl (C=O) groups is 1. The summed E-state index contributed by atoms with van der Waals surface area (Å²) in [7, 11) is 0. The molecule has 25 heavy (non-hydrogen) atoms. The third-order valence-corrected chi connectivity index (χ3v) is 2.99. The van der Waals surface area contributed by atoms with Crippen LogP contribution in [0.15, 0.2) is 34.9 Å². The van der Waals surface area contributed by atoms with Gasteiger partial charge in [0.1, 0.15) is 24.7 Å². The molecule has 0 unspecified atom stereocenters. The average Bonchev–Trinajstić information content (AvgIpc) is 3.01. The van der Waals surface area contributed by atoms with E-state index in [0.717, 1.165) is 0 Å². The Morgan fingerprint density at radius 1 is 1.32 bits per heavy atom. The molecule has 1 heterocycles. The Morgan fingerprint density at radius 3 is 2.76 bits per heavy atom. The van der Waals surface area contributed by atoms with Crippen molar-refractivity contribution in [3.05, 3.63) is 41.9 Å². The van der Waals surface area contributed by atoms with E-state index in [2.05, 4.69) is 15.2 Å². The Hall–Kier alpha value is -2.49. The zero-order valence-electron chi connectivity index (χ0n) is 12.6. The Bertz CT molecular complexity index is 721. The Labute approximate surface area is 138 Å². The zero-order chi connectivity index (χ0) is 18.4. The highest BCUT2D eigenvalue weighted by molar-refractivity contribution is 5.77. The molecule has 0 radical (unpaired) electrons. The molecule has 0 bridgehead atoms. The van der Waals surface area contributed by atoms with Gasteiger partial charge in [-0.15, -0.1) is 0 Å². The van der Waals surface area contributed by atoms with Gasteiger partial charge in [0.25, 0.3) is 0 Å². The number of hydrogen-bond donors (Lipinski definition) is 1. The molecule has 0 fully saturated rings. The Morgan fingerprint density at radius 2 is 2.08 bits per heavy atom. The number of nitrogens with one attached hydrogen (secondary N) is 1. The quantitative estimate of drug-likeness (QED) is 0.732. The van der Waals surface area contributed by atoms with E-state index in [-0.39, 0.29) is 12.3 Å². The van der Waals surface area contributed by atoms with Crippen LogP contribution in [-0.4, -0.2) is 36.6 Å². The van der Waals surface area contributed by atoms with E-state index < -0.39 is 37.3 Å². The van der Waals surface area contributed by atoms with Gasteiger partial charge in [0.15, 0.2) is 5.76 Å². The fraction of sp³-hybridized carbons (Fsp3) is 0.333. The highest BCUT2D eigenvalue weighted by Crippen LogP contribution is 2.22. The summed E-state index contributed by atoms with van der Waals surface area (Å²) >= 11 is 0. The summed E-state index contributed by atoms with van der Waals surface area (Å²) in [5, 5.41) is 6.00. The lowest BCUT2D eigenvalue weighted by Crippen LogP contribution is -2.35. The molecule has 2 aromatic rings. The second-order valence-electron chi connectivity index (χ2n) is 5.02. The van der Waals surface area contributed by atoms with Crippen LogP contribution in [0.5, 0.6) is 0 Å². The monoisotopic (exact) mass is 364 g/mol. The molecule has 5 nitrogen and oxygen atoms in total. The first kappa shape index (κ1) is 18.8. The highest BCUT2D eigenvalue weighted by Gasteiger charge is 2.41. The van der Waals surface area contributed by atoms with E-state index in [0.29, 0.717) is 11.3 Å². The van der Waals surface area contributed by atoms with Crippen molar-refractivity contribution in [3.63, 3.8) is 0 Å². The minimum Gasteiger partial charge on any atom is -0.365 e. The van der Waals surface area contributed by atoms with Crippen molar-refractivity contribution in [3.8, 4) is 11.3 Å². The lowest BCUT2D eigenvalue weighted by Gasteiger charge is -2.14. The van der Waals surface area contributed by atoms with Crippen LogP contribution in [0.25, 0.3) is 11.3 Å². The molecule has 0 saturated heterocycles. The number of carbonyl (C=O) groups excluding carboxylic acids is 1. The highest BCUT2D eigenvalue weighted by atomic mass is 19.3. The zero-order valence-corrected chi connectivity index (χ0v) is 12.6. The molecule has 1 aromatic heterocycles. The topological polar surface area (TPSA) is 64.4 Å². The standard InChI is InChI=1S/C15H13F5N2O3/c16-10-3-1-2-9(4-10)12-5-11(25-22-12)6-21-13(23)7-24-8-15(19,20)14(17)18/h1-5,14H,6-8H2,(H,21,23). The van der Waals surface area contributed by atoms with E-state index in [1.54, 1.807) is 6.07 Å². The van der Waals surface area contributed by atoms with Crippen LogP contribution < -0.4 is 5.32 Å². The molecule has 0 spiro atoms. The first-order valence-electron chi connectivity index (χ1n) is 7.00. The Kier molecular flexibility index (Phi) is 6.07. The lowest BCUT2D eigenvalue weighted by atomic mass is 10.1. The SMILES string of the molecule is O=C(COCC(F)(F)C(F)F)NCc1cc(-c2cccc(F)c2)no1. The van der Waals surface area contributed by atoms with Gasteiger partial charge in [-0.2, -0.15) is 8.78 Å². The largest absolute Gasteiger partial charge is 0.365 e. The minimum atomic E-state index is -4.31. The van der Waals surface area contributed by atoms with E-state index in [9.17, 15) is 26.7 Å². The molecule has 10 heteroatoms. The third kappa shape index (κ3) is 5.52. The van der Waals surface area contributed by atoms with Gasteiger partial charge in [0.05, 0.1) is 6.54 Å². The molecule has 0 aliphatic carbocycles. The molecule has 1 aromatic carbocycles. The second kappa shape index (κ2) is 8.06. The summed E-state index contributed by atoms with van der Waals surface area (Å²) in [5.41, 5.74) is 0.815. The van der Waals surface area contributed by atoms with Gasteiger partial charge in [0, 0.05) is 11.6 Å². The third-order valence-electron chi connectivity index (χ3n) is 2.99. The van der Waals surface area contributed by atoms with E-state index in [1.165, 1.54) is 24.3 Å². The molecule has 1 amide bonds. The normalized spacial score (nSPS) is 11.8. The second-order valence-corrected chi connectivity index (χ2v) is 5.02. The van der Waals surface area contributed by atoms with Gasteiger partial charge in [-0.1, -0.05) is 17.3 Å². The fourth-order valence-electron chi connectivity index (χ4n) is 1.76. The smallest absolute Gasteiger partial charge is 0.330 e. The van der Waals surface area contributed by atoms with Gasteiger partial charge >= 0.3 is 12.3 Å². The molecule has 1 N–H and O–H groups in total. The van der Waals surface area contributed by atoms with Crippen molar-refractivity contribution in [2.75, 3.05) is 13.2 Å². The number of amides is 1. The number of ether oxygens (including phenoxy) is 1. The fourth-order valence-corrected chi connectivity index (χ4v) is 1.76. The van der Waals surface area contributed by atoms with Gasteiger partial charge in [-0.05, 0) is 12.1 Å². The summed E-state index contributed by atoms with van der Waals surface area (Å²) in [6.45, 7) is -2.51. The summed E-state index contributed by atoms with van der Waals surface area (Å²) in [4.78, 5) is 11.4. The molecule has 0 aliphatic rings. The summed E-state index contributed by atoms with van der Waals surface area (Å²) in [5.74, 6) is -5.34. The maximum atomic E-state index is 13.1. The van der Waals surface area contributed by atoms with E-state index in [1.807, 2.05) is 0 Å². The van der Waals surface area contributed by atoms with Crippen LogP contribution in [0.4, 0.5) is 22.0 Å². The molecule has 0 saturated carbocycles. The van der Waals surface area contributed by atoms with Crippen LogP contribution in [0.2, 0.25) is 0 Å². The van der Waals surface area contributed by atoms with Crippen molar-refractivity contribution in [1.82, 2.24) is 10.5 Å². The minimum absolute atomic E-state index is 0.129. The van der Waals surface area contributed by atoms with Crippen molar-refractivity contribution in [2.45, 2.75) is 18.9 Å². The van der Waals surface area contributed by atoms with Gasteiger partial charge in [-0.3, -0.25) is 4.79 Å². The van der Waals surface area contributed by atoms with Gasteiger partial charge in [-0.25, -0.2) is 13.2 Å². The number of benzene rings is 1. The molecule has 0 atom stereocenters. The number of hydrogen-bond acceptors (Lipinski definition) is 4. The number of aromatic nitrogens is 1. The molecule has 136 valence electrons. The molecular formula is C15H13F5N2O3. The summed E-state index contributed by atoms with van der Waals surface area (Å²) < 4.78 is 71.3. The van der Waals surface area contributed by atoms with Crippen LogP contribution in [0.1, 0.15) is 5.76 Å². The molecular weight excluding hydrogens is 351 g/mol. The van der Waals surface area contributed by atoms with Crippen LogP contribution in [0.3, 0.4) is 0 Å². The average molecular weight is 364 g/mol. The lowest BCUT2D eigenvalue weighted by molar-refractivity contribution is -0.168.